The highest BCUT2D eigenvalue weighted by Crippen LogP contribution is 2.33. The van der Waals surface area contributed by atoms with E-state index < -0.39 is 0 Å². The number of rotatable bonds is 8. The number of carbonyl (C=O) groups is 1. The SMILES string of the molecule is O=C1NCc2cc(Nc3cc(N[C@H](CO)c4ccccc4)c(-c4nnc(-c5ccccn5)o4)cn3)ccc21. The van der Waals surface area contributed by atoms with Crippen molar-refractivity contribution in [1.29, 1.82) is 0 Å². The molecule has 1 aliphatic rings. The topological polar surface area (TPSA) is 138 Å². The van der Waals surface area contributed by atoms with Crippen molar-refractivity contribution in [3.05, 3.63) is 102 Å². The molecule has 3 aromatic heterocycles. The van der Waals surface area contributed by atoms with E-state index >= 15 is 0 Å². The Morgan fingerprint density at radius 1 is 0.947 bits per heavy atom. The van der Waals surface area contributed by atoms with Crippen LogP contribution in [0.3, 0.4) is 0 Å². The molecule has 4 heterocycles. The summed E-state index contributed by atoms with van der Waals surface area (Å²) in [5, 5.41) is 28.1. The fourth-order valence-corrected chi connectivity index (χ4v) is 4.30. The molecule has 2 aromatic carbocycles. The van der Waals surface area contributed by atoms with Crippen LogP contribution in [0.2, 0.25) is 0 Å². The monoisotopic (exact) mass is 505 g/mol. The molecule has 1 amide bonds. The van der Waals surface area contributed by atoms with Gasteiger partial charge in [0.15, 0.2) is 0 Å². The summed E-state index contributed by atoms with van der Waals surface area (Å²) in [5.74, 6) is 1.04. The number of anilines is 3. The molecule has 10 heteroatoms. The molecule has 0 bridgehead atoms. The zero-order valence-corrected chi connectivity index (χ0v) is 20.1. The van der Waals surface area contributed by atoms with E-state index in [0.717, 1.165) is 16.8 Å². The van der Waals surface area contributed by atoms with Crippen molar-refractivity contribution in [2.75, 3.05) is 17.2 Å². The minimum atomic E-state index is -0.388. The summed E-state index contributed by atoms with van der Waals surface area (Å²) in [7, 11) is 0. The Kier molecular flexibility index (Phi) is 6.20. The lowest BCUT2D eigenvalue weighted by Gasteiger charge is -2.20. The van der Waals surface area contributed by atoms with E-state index in [1.165, 1.54) is 0 Å². The molecule has 0 saturated heterocycles. The molecule has 38 heavy (non-hydrogen) atoms. The molecule has 0 radical (unpaired) electrons. The minimum absolute atomic E-state index is 0.0684. The Labute approximate surface area is 217 Å². The molecule has 10 nitrogen and oxygen atoms in total. The van der Waals surface area contributed by atoms with Crippen molar-refractivity contribution in [2.24, 2.45) is 0 Å². The highest BCUT2D eigenvalue weighted by Gasteiger charge is 2.21. The van der Waals surface area contributed by atoms with Crippen molar-refractivity contribution in [3.63, 3.8) is 0 Å². The van der Waals surface area contributed by atoms with Crippen molar-refractivity contribution in [2.45, 2.75) is 12.6 Å². The summed E-state index contributed by atoms with van der Waals surface area (Å²) in [5.41, 5.74) is 5.09. The number of carbonyl (C=O) groups excluding carboxylic acids is 1. The number of fused-ring (bicyclic) bond motifs is 1. The number of aromatic nitrogens is 4. The van der Waals surface area contributed by atoms with Gasteiger partial charge in [0.1, 0.15) is 11.5 Å². The van der Waals surface area contributed by atoms with Crippen molar-refractivity contribution in [1.82, 2.24) is 25.5 Å². The quantitative estimate of drug-likeness (QED) is 0.243. The summed E-state index contributed by atoms with van der Waals surface area (Å²) >= 11 is 0. The first-order valence-corrected chi connectivity index (χ1v) is 12.0. The van der Waals surface area contributed by atoms with Gasteiger partial charge in [-0.2, -0.15) is 0 Å². The van der Waals surface area contributed by atoms with Gasteiger partial charge in [-0.25, -0.2) is 4.98 Å². The highest BCUT2D eigenvalue weighted by atomic mass is 16.4. The molecule has 1 atom stereocenters. The predicted molar refractivity (Wildman–Crippen MR) is 142 cm³/mol. The van der Waals surface area contributed by atoms with E-state index in [9.17, 15) is 9.90 Å². The summed E-state index contributed by atoms with van der Waals surface area (Å²) < 4.78 is 5.95. The number of hydrogen-bond acceptors (Lipinski definition) is 9. The third-order valence-electron chi connectivity index (χ3n) is 6.22. The fourth-order valence-electron chi connectivity index (χ4n) is 4.30. The van der Waals surface area contributed by atoms with Crippen molar-refractivity contribution >= 4 is 23.1 Å². The zero-order valence-electron chi connectivity index (χ0n) is 20.1. The van der Waals surface area contributed by atoms with Crippen LogP contribution in [-0.4, -0.2) is 37.8 Å². The van der Waals surface area contributed by atoms with Crippen molar-refractivity contribution in [3.8, 4) is 23.0 Å². The van der Waals surface area contributed by atoms with Gasteiger partial charge in [0.25, 0.3) is 17.7 Å². The Morgan fingerprint density at radius 2 is 1.79 bits per heavy atom. The van der Waals surface area contributed by atoms with Gasteiger partial charge in [-0.05, 0) is 41.5 Å². The third kappa shape index (κ3) is 4.67. The van der Waals surface area contributed by atoms with E-state index in [4.69, 9.17) is 4.42 Å². The number of amides is 1. The first kappa shape index (κ1) is 23.3. The van der Waals surface area contributed by atoms with Crippen LogP contribution < -0.4 is 16.0 Å². The fraction of sp³-hybridized carbons (Fsp3) is 0.107. The molecule has 0 spiro atoms. The molecule has 6 rings (SSSR count). The lowest BCUT2D eigenvalue weighted by atomic mass is 10.1. The number of aliphatic hydroxyl groups excluding tert-OH is 1. The molecule has 5 aromatic rings. The summed E-state index contributed by atoms with van der Waals surface area (Å²) in [4.78, 5) is 20.7. The van der Waals surface area contributed by atoms with Crippen LogP contribution in [-0.2, 0) is 6.54 Å². The van der Waals surface area contributed by atoms with Crippen LogP contribution >= 0.6 is 0 Å². The molecule has 0 fully saturated rings. The van der Waals surface area contributed by atoms with E-state index in [1.807, 2.05) is 60.7 Å². The second-order valence-electron chi connectivity index (χ2n) is 8.71. The third-order valence-corrected chi connectivity index (χ3v) is 6.22. The van der Waals surface area contributed by atoms with E-state index in [0.29, 0.717) is 34.9 Å². The van der Waals surface area contributed by atoms with Gasteiger partial charge in [0.2, 0.25) is 0 Å². The number of nitrogens with zero attached hydrogens (tertiary/aromatic N) is 4. The molecule has 0 unspecified atom stereocenters. The molecular formula is C28H23N7O3. The van der Waals surface area contributed by atoms with Crippen LogP contribution in [0.1, 0.15) is 27.5 Å². The number of aliphatic hydroxyl groups is 1. The standard InChI is InChI=1S/C28H23N7O3/c36-16-24(17-6-2-1-3-7-17)33-23-13-25(32-19-9-10-20-18(12-19)14-31-26(20)37)30-15-21(23)27-34-35-28(38-27)22-8-4-5-11-29-22/h1-13,15,24,36H,14,16H2,(H,31,37)(H2,30,32,33)/t24-/m1/s1. The average molecular weight is 506 g/mol. The summed E-state index contributed by atoms with van der Waals surface area (Å²) in [6.07, 6.45) is 3.29. The lowest BCUT2D eigenvalue weighted by Crippen LogP contribution is -2.15. The van der Waals surface area contributed by atoms with Gasteiger partial charge in [-0.3, -0.25) is 9.78 Å². The van der Waals surface area contributed by atoms with Crippen molar-refractivity contribution < 1.29 is 14.3 Å². The second-order valence-corrected chi connectivity index (χ2v) is 8.71. The Morgan fingerprint density at radius 3 is 2.61 bits per heavy atom. The van der Waals surface area contributed by atoms with Crippen LogP contribution in [0.4, 0.5) is 17.2 Å². The Hall–Kier alpha value is -5.09. The molecular weight excluding hydrogens is 482 g/mol. The first-order valence-electron chi connectivity index (χ1n) is 12.0. The summed E-state index contributed by atoms with van der Waals surface area (Å²) in [6.45, 7) is 0.358. The van der Waals surface area contributed by atoms with Gasteiger partial charge in [0, 0.05) is 36.3 Å². The van der Waals surface area contributed by atoms with Gasteiger partial charge in [0.05, 0.1) is 23.9 Å². The van der Waals surface area contributed by atoms with E-state index in [-0.39, 0.29) is 30.3 Å². The maximum atomic E-state index is 11.9. The van der Waals surface area contributed by atoms with Gasteiger partial charge in [-0.15, -0.1) is 10.2 Å². The Bertz CT molecular complexity index is 1590. The van der Waals surface area contributed by atoms with Crippen LogP contribution in [0.5, 0.6) is 0 Å². The van der Waals surface area contributed by atoms with Crippen LogP contribution in [0.15, 0.2) is 89.6 Å². The maximum absolute atomic E-state index is 11.9. The molecule has 0 saturated carbocycles. The van der Waals surface area contributed by atoms with E-state index in [1.54, 1.807) is 24.5 Å². The smallest absolute Gasteiger partial charge is 0.266 e. The van der Waals surface area contributed by atoms with Crippen LogP contribution in [0, 0.1) is 0 Å². The normalized spacial score (nSPS) is 13.0. The van der Waals surface area contributed by atoms with E-state index in [2.05, 4.69) is 36.1 Å². The first-order chi connectivity index (χ1) is 18.7. The maximum Gasteiger partial charge on any atom is 0.266 e. The number of pyridine rings is 2. The highest BCUT2D eigenvalue weighted by molar-refractivity contribution is 5.98. The molecule has 1 aliphatic heterocycles. The second kappa shape index (κ2) is 10.1. The van der Waals surface area contributed by atoms with Gasteiger partial charge < -0.3 is 25.5 Å². The summed E-state index contributed by atoms with van der Waals surface area (Å²) in [6, 6.07) is 22.1. The van der Waals surface area contributed by atoms with Gasteiger partial charge in [-0.1, -0.05) is 36.4 Å². The molecule has 4 N–H and O–H groups in total. The lowest BCUT2D eigenvalue weighted by molar-refractivity contribution is 0.0965. The van der Waals surface area contributed by atoms with Crippen LogP contribution in [0.25, 0.3) is 23.0 Å². The zero-order chi connectivity index (χ0) is 25.9. The van der Waals surface area contributed by atoms with Gasteiger partial charge >= 0.3 is 0 Å². The molecule has 0 aliphatic carbocycles. The average Bonchev–Trinajstić information content (AvgIpc) is 3.60. The number of benzene rings is 2. The Balaban J connectivity index is 1.35. The number of nitrogens with one attached hydrogen (secondary N) is 3. The molecule has 188 valence electrons. The predicted octanol–water partition coefficient (Wildman–Crippen LogP) is 4.33. The number of hydrogen-bond donors (Lipinski definition) is 4. The minimum Gasteiger partial charge on any atom is -0.414 e. The largest absolute Gasteiger partial charge is 0.414 e.